The lowest BCUT2D eigenvalue weighted by atomic mass is 9.94. The Hall–Kier alpha value is -4.21. The number of aliphatic carboxylic acids is 1. The number of aliphatic imine (C=N–C) groups is 1. The summed E-state index contributed by atoms with van der Waals surface area (Å²) < 4.78 is 27.5. The number of hydrogen-bond donors (Lipinski definition) is 5. The fraction of sp³-hybridized carbons (Fsp3) is 0.657. The van der Waals surface area contributed by atoms with E-state index in [9.17, 15) is 28.2 Å². The van der Waals surface area contributed by atoms with Gasteiger partial charge < -0.3 is 35.8 Å². The molecule has 0 saturated carbocycles. The zero-order valence-electron chi connectivity index (χ0n) is 31.4. The standard InChI is InChI=1S/C35H56N6O9S/c1-21-22(2)31(23(3)24-19-35(7,8)50-30(21)24)51(48)40-33(36)38-18-12-13-25(32(47)37-17-11-10-14-28(44)45)41(9)27(43)16-15-26(42)39-20-29(46)49-34(4,5)6/h25H,10-20H2,1-9H3,(H,37,47)(H,39,42)(H,44,45)(H3,36,38,40)/t25-,51?/m0/s1. The van der Waals surface area contributed by atoms with Crippen LogP contribution in [0.2, 0.25) is 0 Å². The van der Waals surface area contributed by atoms with Crippen LogP contribution >= 0.6 is 0 Å². The van der Waals surface area contributed by atoms with Crippen LogP contribution in [0.3, 0.4) is 0 Å². The van der Waals surface area contributed by atoms with Gasteiger partial charge in [-0.2, -0.15) is 0 Å². The van der Waals surface area contributed by atoms with Crippen molar-refractivity contribution >= 4 is 46.6 Å². The van der Waals surface area contributed by atoms with Crippen LogP contribution in [0.5, 0.6) is 5.75 Å². The van der Waals surface area contributed by atoms with Crippen LogP contribution in [0.15, 0.2) is 9.89 Å². The van der Waals surface area contributed by atoms with Gasteiger partial charge in [0.15, 0.2) is 11.0 Å². The number of nitrogens with zero attached hydrogens (tertiary/aromatic N) is 2. The number of fused-ring (bicyclic) bond motifs is 1. The van der Waals surface area contributed by atoms with E-state index in [2.05, 4.69) is 20.3 Å². The molecule has 2 atom stereocenters. The lowest BCUT2D eigenvalue weighted by Crippen LogP contribution is -2.48. The Morgan fingerprint density at radius 1 is 1.02 bits per heavy atom. The van der Waals surface area contributed by atoms with E-state index in [4.69, 9.17) is 20.3 Å². The van der Waals surface area contributed by atoms with Crippen molar-refractivity contribution in [2.45, 2.75) is 129 Å². The summed E-state index contributed by atoms with van der Waals surface area (Å²) in [5.74, 6) is -2.15. The fourth-order valence-electron chi connectivity index (χ4n) is 5.62. The van der Waals surface area contributed by atoms with Crippen LogP contribution in [-0.2, 0) is 46.1 Å². The molecule has 1 heterocycles. The van der Waals surface area contributed by atoms with Gasteiger partial charge in [-0.3, -0.25) is 33.7 Å². The normalized spacial score (nSPS) is 14.8. The van der Waals surface area contributed by atoms with E-state index in [0.717, 1.165) is 28.0 Å². The number of carbonyl (C=O) groups is 5. The monoisotopic (exact) mass is 736 g/mol. The number of esters is 1. The molecule has 2 rings (SSSR count). The number of nitrogens with two attached hydrogens (primary N) is 1. The Morgan fingerprint density at radius 2 is 1.69 bits per heavy atom. The minimum absolute atomic E-state index is 0.0241. The first-order valence-electron chi connectivity index (χ1n) is 17.2. The third-order valence-corrected chi connectivity index (χ3v) is 9.67. The summed E-state index contributed by atoms with van der Waals surface area (Å²) in [4.78, 5) is 67.4. The van der Waals surface area contributed by atoms with Crippen LogP contribution in [0, 0.1) is 20.8 Å². The lowest BCUT2D eigenvalue weighted by Gasteiger charge is -2.27. The zero-order valence-corrected chi connectivity index (χ0v) is 32.3. The molecule has 1 unspecified atom stereocenters. The number of carboxylic acids is 1. The predicted octanol–water partition coefficient (Wildman–Crippen LogP) is 2.47. The summed E-state index contributed by atoms with van der Waals surface area (Å²) in [5, 5.41) is 14.1. The number of guanidine groups is 1. The number of benzene rings is 1. The van der Waals surface area contributed by atoms with E-state index in [0.29, 0.717) is 30.6 Å². The van der Waals surface area contributed by atoms with Gasteiger partial charge in [0.1, 0.15) is 29.5 Å². The smallest absolute Gasteiger partial charge is 0.325 e. The highest BCUT2D eigenvalue weighted by Gasteiger charge is 2.35. The summed E-state index contributed by atoms with van der Waals surface area (Å²) in [7, 11) is -0.231. The molecule has 1 aromatic carbocycles. The van der Waals surface area contributed by atoms with Gasteiger partial charge in [-0.05, 0) is 97.8 Å². The summed E-state index contributed by atoms with van der Waals surface area (Å²) in [6.07, 6.45) is 1.62. The molecule has 286 valence electrons. The van der Waals surface area contributed by atoms with E-state index in [1.807, 2.05) is 34.6 Å². The highest BCUT2D eigenvalue weighted by atomic mass is 32.2. The molecule has 3 amide bonds. The molecule has 16 heteroatoms. The second-order valence-corrected chi connectivity index (χ2v) is 15.5. The van der Waals surface area contributed by atoms with Gasteiger partial charge in [0.05, 0.1) is 4.90 Å². The first-order valence-corrected chi connectivity index (χ1v) is 18.3. The maximum absolute atomic E-state index is 13.4. The summed E-state index contributed by atoms with van der Waals surface area (Å²) in [5.41, 5.74) is 8.72. The quantitative estimate of drug-likeness (QED) is 0.0642. The Kier molecular flexibility index (Phi) is 15.9. The van der Waals surface area contributed by atoms with Crippen LogP contribution in [-0.4, -0.2) is 93.8 Å². The lowest BCUT2D eigenvalue weighted by molar-refractivity contribution is -0.154. The topological polar surface area (TPSA) is 219 Å². The molecule has 1 aromatic rings. The Labute approximate surface area is 303 Å². The van der Waals surface area contributed by atoms with Crippen molar-refractivity contribution in [1.82, 2.24) is 20.3 Å². The van der Waals surface area contributed by atoms with Gasteiger partial charge in [0.2, 0.25) is 23.7 Å². The van der Waals surface area contributed by atoms with E-state index >= 15 is 0 Å². The predicted molar refractivity (Wildman–Crippen MR) is 193 cm³/mol. The first-order chi connectivity index (χ1) is 23.6. The Balaban J connectivity index is 2.03. The molecule has 1 aliphatic heterocycles. The SMILES string of the molecule is Cc1c(C)c(S(=O)NC(N)=NCCC[C@@H](C(=O)NCCCCC(=O)O)N(C)C(=O)CCC(=O)NCC(=O)OC(C)(C)C)c(C)c2c1OC(C)(C)C2. The van der Waals surface area contributed by atoms with Gasteiger partial charge in [-0.15, -0.1) is 0 Å². The van der Waals surface area contributed by atoms with Crippen molar-refractivity contribution in [3.05, 3.63) is 22.3 Å². The second kappa shape index (κ2) is 18.9. The van der Waals surface area contributed by atoms with E-state index in [1.165, 1.54) is 11.9 Å². The average Bonchev–Trinajstić information content (AvgIpc) is 3.35. The number of hydrogen-bond acceptors (Lipinski definition) is 9. The molecular weight excluding hydrogens is 680 g/mol. The van der Waals surface area contributed by atoms with Crippen LogP contribution in [0.4, 0.5) is 0 Å². The average molecular weight is 737 g/mol. The molecule has 6 N–H and O–H groups in total. The van der Waals surface area contributed by atoms with Gasteiger partial charge in [0, 0.05) is 51.4 Å². The first kappa shape index (κ1) is 43.0. The highest BCUT2D eigenvalue weighted by molar-refractivity contribution is 7.83. The molecule has 0 spiro atoms. The number of amides is 3. The summed E-state index contributed by atoms with van der Waals surface area (Å²) in [6, 6.07) is -0.911. The summed E-state index contributed by atoms with van der Waals surface area (Å²) >= 11 is 0. The van der Waals surface area contributed by atoms with Crippen molar-refractivity contribution in [2.24, 2.45) is 10.7 Å². The highest BCUT2D eigenvalue weighted by Crippen LogP contribution is 2.43. The third kappa shape index (κ3) is 13.8. The number of nitrogens with one attached hydrogen (secondary N) is 3. The van der Waals surface area contributed by atoms with E-state index in [1.54, 1.807) is 20.8 Å². The molecule has 0 aromatic heterocycles. The number of carboxylic acid groups (broad SMARTS) is 1. The number of rotatable bonds is 18. The van der Waals surface area contributed by atoms with Crippen molar-refractivity contribution in [1.29, 1.82) is 0 Å². The molecule has 0 fully saturated rings. The maximum atomic E-state index is 13.4. The van der Waals surface area contributed by atoms with Crippen molar-refractivity contribution < 1.29 is 42.8 Å². The van der Waals surface area contributed by atoms with Crippen LogP contribution < -0.4 is 25.8 Å². The molecule has 0 aliphatic carbocycles. The Morgan fingerprint density at radius 3 is 2.31 bits per heavy atom. The molecule has 15 nitrogen and oxygen atoms in total. The molecular formula is C35H56N6O9S. The van der Waals surface area contributed by atoms with Crippen LogP contribution in [0.25, 0.3) is 0 Å². The number of ether oxygens (including phenoxy) is 2. The number of likely N-dealkylation sites (N-methyl/N-ethyl adjacent to an activating group) is 1. The zero-order chi connectivity index (χ0) is 38.7. The van der Waals surface area contributed by atoms with Crippen LogP contribution in [0.1, 0.15) is 102 Å². The largest absolute Gasteiger partial charge is 0.487 e. The van der Waals surface area contributed by atoms with Gasteiger partial charge in [-0.25, -0.2) is 4.21 Å². The van der Waals surface area contributed by atoms with Crippen molar-refractivity contribution in [3.63, 3.8) is 0 Å². The molecule has 0 bridgehead atoms. The third-order valence-electron chi connectivity index (χ3n) is 8.29. The number of unbranched alkanes of at least 4 members (excludes halogenated alkanes) is 1. The maximum Gasteiger partial charge on any atom is 0.325 e. The molecule has 1 aliphatic rings. The second-order valence-electron chi connectivity index (χ2n) is 14.4. The minimum atomic E-state index is -1.70. The molecule has 51 heavy (non-hydrogen) atoms. The fourth-order valence-corrected chi connectivity index (χ4v) is 6.81. The van der Waals surface area contributed by atoms with Crippen molar-refractivity contribution in [3.8, 4) is 5.75 Å². The van der Waals surface area contributed by atoms with Gasteiger partial charge in [0.25, 0.3) is 0 Å². The number of carbonyl (C=O) groups excluding carboxylic acids is 4. The van der Waals surface area contributed by atoms with Gasteiger partial charge >= 0.3 is 11.9 Å². The van der Waals surface area contributed by atoms with Crippen molar-refractivity contribution in [2.75, 3.05) is 26.7 Å². The van der Waals surface area contributed by atoms with E-state index < -0.39 is 52.3 Å². The van der Waals surface area contributed by atoms with E-state index in [-0.39, 0.29) is 56.9 Å². The summed E-state index contributed by atoms with van der Waals surface area (Å²) in [6.45, 7) is 15.0. The van der Waals surface area contributed by atoms with Gasteiger partial charge in [-0.1, -0.05) is 0 Å². The Bertz CT molecular complexity index is 1520. The molecule has 0 saturated heterocycles. The minimum Gasteiger partial charge on any atom is -0.487 e. The molecule has 0 radical (unpaired) electrons.